The van der Waals surface area contributed by atoms with Gasteiger partial charge in [0.1, 0.15) is 11.3 Å². The van der Waals surface area contributed by atoms with Crippen LogP contribution in [0.5, 0.6) is 5.75 Å². The van der Waals surface area contributed by atoms with Gasteiger partial charge in [0.05, 0.1) is 6.10 Å². The van der Waals surface area contributed by atoms with E-state index in [0.29, 0.717) is 13.2 Å². The summed E-state index contributed by atoms with van der Waals surface area (Å²) in [6, 6.07) is 5.43. The minimum Gasteiger partial charge on any atom is -0.452 e. The van der Waals surface area contributed by atoms with Crippen LogP contribution in [-0.2, 0) is 14.3 Å². The van der Waals surface area contributed by atoms with Crippen LogP contribution in [0.1, 0.15) is 23.2 Å². The van der Waals surface area contributed by atoms with Gasteiger partial charge in [0.25, 0.3) is 5.91 Å². The summed E-state index contributed by atoms with van der Waals surface area (Å²) in [6.45, 7) is -2.54. The van der Waals surface area contributed by atoms with Crippen LogP contribution < -0.4 is 10.1 Å². The number of nitrogens with one attached hydrogen (secondary N) is 1. The number of carbonyl (C=O) groups is 2. The lowest BCUT2D eigenvalue weighted by Crippen LogP contribution is -2.34. The largest absolute Gasteiger partial charge is 0.452 e. The van der Waals surface area contributed by atoms with E-state index in [4.69, 9.17) is 9.47 Å². The van der Waals surface area contributed by atoms with E-state index < -0.39 is 25.1 Å². The summed E-state index contributed by atoms with van der Waals surface area (Å²) < 4.78 is 38.9. The van der Waals surface area contributed by atoms with E-state index in [0.717, 1.165) is 12.8 Å². The molecule has 1 amide bonds. The van der Waals surface area contributed by atoms with Crippen molar-refractivity contribution in [1.29, 1.82) is 0 Å². The van der Waals surface area contributed by atoms with Crippen molar-refractivity contribution >= 4 is 11.9 Å². The summed E-state index contributed by atoms with van der Waals surface area (Å²) >= 11 is 0. The van der Waals surface area contributed by atoms with E-state index in [1.165, 1.54) is 24.3 Å². The molecule has 23 heavy (non-hydrogen) atoms. The Morgan fingerprint density at radius 2 is 2.13 bits per heavy atom. The number of esters is 1. The second-order valence-corrected chi connectivity index (χ2v) is 4.89. The van der Waals surface area contributed by atoms with Gasteiger partial charge in [-0.1, -0.05) is 12.1 Å². The highest BCUT2D eigenvalue weighted by molar-refractivity contribution is 5.93. The second kappa shape index (κ2) is 8.42. The molecular formula is C15H17F2NO5. The van der Waals surface area contributed by atoms with Gasteiger partial charge in [-0.05, 0) is 25.0 Å². The summed E-state index contributed by atoms with van der Waals surface area (Å²) in [6.07, 6.45) is 1.81. The van der Waals surface area contributed by atoms with Crippen LogP contribution in [-0.4, -0.2) is 44.4 Å². The first-order valence-electron chi connectivity index (χ1n) is 7.15. The molecule has 126 valence electrons. The summed E-state index contributed by atoms with van der Waals surface area (Å²) in [7, 11) is 0. The maximum Gasteiger partial charge on any atom is 0.387 e. The molecule has 0 spiro atoms. The van der Waals surface area contributed by atoms with Crippen molar-refractivity contribution in [2.24, 2.45) is 0 Å². The highest BCUT2D eigenvalue weighted by Crippen LogP contribution is 2.21. The Balaban J connectivity index is 1.80. The molecule has 2 rings (SSSR count). The van der Waals surface area contributed by atoms with Crippen LogP contribution in [0.25, 0.3) is 0 Å². The van der Waals surface area contributed by atoms with Gasteiger partial charge in [-0.3, -0.25) is 4.79 Å². The Hall–Kier alpha value is -2.22. The number of amides is 1. The fraction of sp³-hybridized carbons (Fsp3) is 0.467. The second-order valence-electron chi connectivity index (χ2n) is 4.89. The maximum absolute atomic E-state index is 12.3. The molecule has 0 radical (unpaired) electrons. The predicted molar refractivity (Wildman–Crippen MR) is 75.3 cm³/mol. The monoisotopic (exact) mass is 329 g/mol. The molecule has 1 aromatic carbocycles. The molecule has 1 aromatic rings. The number of ether oxygens (including phenoxy) is 3. The van der Waals surface area contributed by atoms with Crippen molar-refractivity contribution in [3.63, 3.8) is 0 Å². The first kappa shape index (κ1) is 17.1. The third kappa shape index (κ3) is 5.48. The first-order chi connectivity index (χ1) is 11.1. The Kier molecular flexibility index (Phi) is 6.28. The Morgan fingerprint density at radius 3 is 2.83 bits per heavy atom. The molecule has 1 aliphatic rings. The third-order valence-corrected chi connectivity index (χ3v) is 3.21. The SMILES string of the molecule is O=C(COC(=O)c1ccccc1OC(F)F)NCC1CCCO1. The topological polar surface area (TPSA) is 73.9 Å². The van der Waals surface area contributed by atoms with Crippen LogP contribution >= 0.6 is 0 Å². The molecule has 1 N–H and O–H groups in total. The van der Waals surface area contributed by atoms with E-state index in [1.807, 2.05) is 0 Å². The number of rotatable bonds is 7. The number of hydrogen-bond acceptors (Lipinski definition) is 5. The smallest absolute Gasteiger partial charge is 0.387 e. The lowest BCUT2D eigenvalue weighted by Gasteiger charge is -2.12. The summed E-state index contributed by atoms with van der Waals surface area (Å²) in [5.74, 6) is -1.69. The van der Waals surface area contributed by atoms with Crippen molar-refractivity contribution in [1.82, 2.24) is 5.32 Å². The average Bonchev–Trinajstić information content (AvgIpc) is 3.04. The molecular weight excluding hydrogens is 312 g/mol. The number of benzene rings is 1. The first-order valence-corrected chi connectivity index (χ1v) is 7.15. The molecule has 1 heterocycles. The number of hydrogen-bond donors (Lipinski definition) is 1. The molecule has 1 fully saturated rings. The van der Waals surface area contributed by atoms with E-state index in [-0.39, 0.29) is 17.4 Å². The third-order valence-electron chi connectivity index (χ3n) is 3.21. The number of halogens is 2. The van der Waals surface area contributed by atoms with Crippen molar-refractivity contribution in [2.45, 2.75) is 25.6 Å². The van der Waals surface area contributed by atoms with Crippen LogP contribution in [0, 0.1) is 0 Å². The molecule has 6 nitrogen and oxygen atoms in total. The van der Waals surface area contributed by atoms with E-state index in [9.17, 15) is 18.4 Å². The van der Waals surface area contributed by atoms with Gasteiger partial charge in [-0.25, -0.2) is 4.79 Å². The Morgan fingerprint density at radius 1 is 1.35 bits per heavy atom. The molecule has 0 aliphatic carbocycles. The maximum atomic E-state index is 12.3. The van der Waals surface area contributed by atoms with Crippen LogP contribution in [0.2, 0.25) is 0 Å². The predicted octanol–water partition coefficient (Wildman–Crippen LogP) is 1.74. The molecule has 1 aliphatic heterocycles. The number of alkyl halides is 2. The summed E-state index contributed by atoms with van der Waals surface area (Å²) in [5.41, 5.74) is -0.167. The normalized spacial score (nSPS) is 17.1. The van der Waals surface area contributed by atoms with Gasteiger partial charge in [0, 0.05) is 13.2 Å². The van der Waals surface area contributed by atoms with Crippen LogP contribution in [0.15, 0.2) is 24.3 Å². The molecule has 1 atom stereocenters. The highest BCUT2D eigenvalue weighted by atomic mass is 19.3. The lowest BCUT2D eigenvalue weighted by molar-refractivity contribution is -0.124. The van der Waals surface area contributed by atoms with Crippen LogP contribution in [0.4, 0.5) is 8.78 Å². The molecule has 0 aromatic heterocycles. The van der Waals surface area contributed by atoms with E-state index >= 15 is 0 Å². The summed E-state index contributed by atoms with van der Waals surface area (Å²) in [5, 5.41) is 2.59. The zero-order valence-electron chi connectivity index (χ0n) is 12.3. The van der Waals surface area contributed by atoms with Gasteiger partial charge in [0.2, 0.25) is 0 Å². The molecule has 1 saturated heterocycles. The fourth-order valence-corrected chi connectivity index (χ4v) is 2.13. The van der Waals surface area contributed by atoms with Crippen molar-refractivity contribution in [2.75, 3.05) is 19.8 Å². The fourth-order valence-electron chi connectivity index (χ4n) is 2.13. The molecule has 1 unspecified atom stereocenters. The van der Waals surface area contributed by atoms with Gasteiger partial charge >= 0.3 is 12.6 Å². The van der Waals surface area contributed by atoms with Gasteiger partial charge in [-0.15, -0.1) is 0 Å². The minimum atomic E-state index is -3.06. The molecule has 0 saturated carbocycles. The standard InChI is InChI=1S/C15H17F2NO5/c16-15(17)23-12-6-2-1-5-11(12)14(20)22-9-13(19)18-8-10-4-3-7-21-10/h1-2,5-6,10,15H,3-4,7-9H2,(H,18,19). The lowest BCUT2D eigenvalue weighted by atomic mass is 10.2. The van der Waals surface area contributed by atoms with Gasteiger partial charge in [-0.2, -0.15) is 8.78 Å². The van der Waals surface area contributed by atoms with Gasteiger partial charge < -0.3 is 19.5 Å². The van der Waals surface area contributed by atoms with Crippen molar-refractivity contribution in [3.05, 3.63) is 29.8 Å². The Bertz CT molecular complexity index is 546. The number of para-hydroxylation sites is 1. The molecule has 8 heteroatoms. The van der Waals surface area contributed by atoms with Crippen LogP contribution in [0.3, 0.4) is 0 Å². The molecule has 0 bridgehead atoms. The minimum absolute atomic E-state index is 0.0187. The quantitative estimate of drug-likeness (QED) is 0.772. The van der Waals surface area contributed by atoms with E-state index in [2.05, 4.69) is 10.1 Å². The summed E-state index contributed by atoms with van der Waals surface area (Å²) in [4.78, 5) is 23.5. The Labute approximate surface area is 131 Å². The zero-order chi connectivity index (χ0) is 16.7. The van der Waals surface area contributed by atoms with Crippen molar-refractivity contribution in [3.8, 4) is 5.75 Å². The van der Waals surface area contributed by atoms with Gasteiger partial charge in [0.15, 0.2) is 6.61 Å². The average molecular weight is 329 g/mol. The number of carbonyl (C=O) groups excluding carboxylic acids is 2. The highest BCUT2D eigenvalue weighted by Gasteiger charge is 2.19. The van der Waals surface area contributed by atoms with E-state index in [1.54, 1.807) is 0 Å². The zero-order valence-corrected chi connectivity index (χ0v) is 12.3. The van der Waals surface area contributed by atoms with Crippen molar-refractivity contribution < 1.29 is 32.6 Å².